The average molecular weight is 459 g/mol. The molecule has 0 aromatic heterocycles. The van der Waals surface area contributed by atoms with Crippen LogP contribution in [0.4, 0.5) is 13.2 Å². The van der Waals surface area contributed by atoms with Crippen molar-refractivity contribution in [1.82, 2.24) is 0 Å². The molecule has 0 fully saturated rings. The van der Waals surface area contributed by atoms with Crippen LogP contribution < -0.4 is 9.47 Å². The van der Waals surface area contributed by atoms with Gasteiger partial charge in [-0.15, -0.1) is 0 Å². The number of ether oxygens (including phenoxy) is 3. The van der Waals surface area contributed by atoms with Crippen LogP contribution in [0.25, 0.3) is 0 Å². The second kappa shape index (κ2) is 10.2. The van der Waals surface area contributed by atoms with Gasteiger partial charge in [-0.05, 0) is 61.5 Å². The first-order valence-electron chi connectivity index (χ1n) is 8.30. The quantitative estimate of drug-likeness (QED) is 0.286. The minimum Gasteiger partial charge on any atom is -0.487 e. The van der Waals surface area contributed by atoms with Gasteiger partial charge in [0, 0.05) is 11.4 Å². The van der Waals surface area contributed by atoms with Gasteiger partial charge in [0.25, 0.3) is 0 Å². The minimum absolute atomic E-state index is 0.290. The molecule has 0 saturated heterocycles. The summed E-state index contributed by atoms with van der Waals surface area (Å²) in [6, 6.07) is 11.0. The molecule has 2 aromatic rings. The van der Waals surface area contributed by atoms with Gasteiger partial charge < -0.3 is 14.2 Å². The zero-order valence-electron chi connectivity index (χ0n) is 14.9. The van der Waals surface area contributed by atoms with E-state index in [0.717, 1.165) is 12.1 Å². The predicted molar refractivity (Wildman–Crippen MR) is 102 cm³/mol. The van der Waals surface area contributed by atoms with Gasteiger partial charge >= 0.3 is 12.1 Å². The summed E-state index contributed by atoms with van der Waals surface area (Å²) in [5.41, 5.74) is -0.735. The highest BCUT2D eigenvalue weighted by molar-refractivity contribution is 9.09. The molecule has 2 aromatic carbocycles. The summed E-state index contributed by atoms with van der Waals surface area (Å²) in [6.07, 6.45) is -1.87. The van der Waals surface area contributed by atoms with Crippen LogP contribution in [0.5, 0.6) is 17.2 Å². The van der Waals surface area contributed by atoms with E-state index < -0.39 is 17.7 Å². The van der Waals surface area contributed by atoms with Crippen LogP contribution in [0.15, 0.2) is 60.7 Å². The van der Waals surface area contributed by atoms with Crippen molar-refractivity contribution < 1.29 is 32.2 Å². The largest absolute Gasteiger partial charge is 0.487 e. The van der Waals surface area contributed by atoms with E-state index in [-0.39, 0.29) is 6.10 Å². The average Bonchev–Trinajstić information content (AvgIpc) is 2.66. The topological polar surface area (TPSA) is 44.8 Å². The summed E-state index contributed by atoms with van der Waals surface area (Å²) in [6.45, 7) is 2.06. The number of carbonyl (C=O) groups is 1. The van der Waals surface area contributed by atoms with E-state index in [1.165, 1.54) is 18.2 Å². The Hall–Kier alpha value is -2.48. The van der Waals surface area contributed by atoms with Crippen LogP contribution >= 0.6 is 15.9 Å². The number of rotatable bonds is 8. The van der Waals surface area contributed by atoms with E-state index in [4.69, 9.17) is 14.2 Å². The Kier molecular flexibility index (Phi) is 7.92. The van der Waals surface area contributed by atoms with Gasteiger partial charge in [-0.1, -0.05) is 15.9 Å². The molecule has 0 radical (unpaired) electrons. The number of alkyl halides is 4. The van der Waals surface area contributed by atoms with Crippen LogP contribution in [0.2, 0.25) is 0 Å². The molecular formula is C20H18BrF3O4. The third-order valence-corrected chi connectivity index (χ3v) is 3.71. The van der Waals surface area contributed by atoms with Crippen LogP contribution in [0, 0.1) is 0 Å². The van der Waals surface area contributed by atoms with E-state index in [1.54, 1.807) is 37.3 Å². The zero-order chi connectivity index (χ0) is 20.6. The van der Waals surface area contributed by atoms with E-state index in [2.05, 4.69) is 15.9 Å². The van der Waals surface area contributed by atoms with E-state index >= 15 is 0 Å². The van der Waals surface area contributed by atoms with Gasteiger partial charge in [0.2, 0.25) is 0 Å². The highest BCUT2D eigenvalue weighted by atomic mass is 79.9. The van der Waals surface area contributed by atoms with E-state index in [1.807, 2.05) is 0 Å². The molecule has 1 unspecified atom stereocenters. The highest BCUT2D eigenvalue weighted by Crippen LogP contribution is 2.31. The minimum atomic E-state index is -4.38. The van der Waals surface area contributed by atoms with Crippen LogP contribution in [-0.4, -0.2) is 24.0 Å². The van der Waals surface area contributed by atoms with Gasteiger partial charge in [0.15, 0.2) is 0 Å². The molecule has 0 aliphatic heterocycles. The molecule has 28 heavy (non-hydrogen) atoms. The Morgan fingerprint density at radius 2 is 1.57 bits per heavy atom. The van der Waals surface area contributed by atoms with Crippen molar-refractivity contribution in [3.05, 3.63) is 66.2 Å². The maximum absolute atomic E-state index is 12.6. The molecule has 0 saturated carbocycles. The Bertz CT molecular complexity index is 787. The molecule has 4 nitrogen and oxygen atoms in total. The number of hydrogen-bond donors (Lipinski definition) is 0. The molecule has 0 aliphatic rings. The maximum Gasteiger partial charge on any atom is 0.416 e. The number of esters is 1. The van der Waals surface area contributed by atoms with Crippen LogP contribution in [0.1, 0.15) is 12.5 Å². The van der Waals surface area contributed by atoms with Crippen molar-refractivity contribution >= 4 is 21.9 Å². The molecule has 0 aliphatic carbocycles. The third-order valence-electron chi connectivity index (χ3n) is 3.39. The molecule has 0 heterocycles. The van der Waals surface area contributed by atoms with Gasteiger partial charge in [-0.3, -0.25) is 0 Å². The molecule has 0 bridgehead atoms. The second-order valence-corrected chi connectivity index (χ2v) is 6.43. The van der Waals surface area contributed by atoms with Crippen molar-refractivity contribution in [1.29, 1.82) is 0 Å². The molecule has 0 N–H and O–H groups in total. The number of halogens is 4. The lowest BCUT2D eigenvalue weighted by Gasteiger charge is -2.12. The number of hydrogen-bond acceptors (Lipinski definition) is 4. The van der Waals surface area contributed by atoms with E-state index in [0.29, 0.717) is 29.2 Å². The summed E-state index contributed by atoms with van der Waals surface area (Å²) in [5, 5.41) is 0.569. The summed E-state index contributed by atoms with van der Waals surface area (Å²) in [5.74, 6) is 0.842. The summed E-state index contributed by atoms with van der Waals surface area (Å²) >= 11 is 3.16. The SMILES string of the molecule is CC(/C=C/C(=O)OCCBr)Oc1ccc(Oc2ccc(C(F)(F)F)cc2)cc1. The Morgan fingerprint density at radius 3 is 2.11 bits per heavy atom. The lowest BCUT2D eigenvalue weighted by atomic mass is 10.2. The fraction of sp³-hybridized carbons (Fsp3) is 0.250. The summed E-state index contributed by atoms with van der Waals surface area (Å²) < 4.78 is 53.7. The smallest absolute Gasteiger partial charge is 0.416 e. The third kappa shape index (κ3) is 7.26. The Labute approximate surface area is 169 Å². The Balaban J connectivity index is 1.89. The Morgan fingerprint density at radius 1 is 1.04 bits per heavy atom. The van der Waals surface area contributed by atoms with E-state index in [9.17, 15) is 18.0 Å². The lowest BCUT2D eigenvalue weighted by Crippen LogP contribution is -2.10. The maximum atomic E-state index is 12.6. The second-order valence-electron chi connectivity index (χ2n) is 5.63. The van der Waals surface area contributed by atoms with Gasteiger partial charge in [-0.25, -0.2) is 4.79 Å². The fourth-order valence-electron chi connectivity index (χ4n) is 2.09. The highest BCUT2D eigenvalue weighted by Gasteiger charge is 2.30. The van der Waals surface area contributed by atoms with Crippen LogP contribution in [-0.2, 0) is 15.7 Å². The van der Waals surface area contributed by atoms with Crippen LogP contribution in [0.3, 0.4) is 0 Å². The molecule has 8 heteroatoms. The molecule has 0 amide bonds. The van der Waals surface area contributed by atoms with Gasteiger partial charge in [-0.2, -0.15) is 13.2 Å². The summed E-state index contributed by atoms with van der Waals surface area (Å²) in [4.78, 5) is 11.4. The van der Waals surface area contributed by atoms with Gasteiger partial charge in [0.05, 0.1) is 5.56 Å². The first-order valence-corrected chi connectivity index (χ1v) is 9.43. The van der Waals surface area contributed by atoms with Crippen molar-refractivity contribution in [3.8, 4) is 17.2 Å². The molecule has 0 spiro atoms. The molecular weight excluding hydrogens is 441 g/mol. The predicted octanol–water partition coefficient (Wildman–Crippen LogP) is 5.76. The van der Waals surface area contributed by atoms with Crippen molar-refractivity contribution in [2.75, 3.05) is 11.9 Å². The first-order chi connectivity index (χ1) is 13.3. The van der Waals surface area contributed by atoms with Crippen molar-refractivity contribution in [2.24, 2.45) is 0 Å². The van der Waals surface area contributed by atoms with Crippen molar-refractivity contribution in [3.63, 3.8) is 0 Å². The lowest BCUT2D eigenvalue weighted by molar-refractivity contribution is -0.138. The zero-order valence-corrected chi connectivity index (χ0v) is 16.5. The first kappa shape index (κ1) is 21.8. The molecule has 1 atom stereocenters. The normalized spacial score (nSPS) is 12.6. The number of carbonyl (C=O) groups excluding carboxylic acids is 1. The molecule has 2 rings (SSSR count). The van der Waals surface area contributed by atoms with Gasteiger partial charge in [0.1, 0.15) is 30.0 Å². The van der Waals surface area contributed by atoms with Crippen molar-refractivity contribution in [2.45, 2.75) is 19.2 Å². The number of benzene rings is 2. The summed E-state index contributed by atoms with van der Waals surface area (Å²) in [7, 11) is 0. The fourth-order valence-corrected chi connectivity index (χ4v) is 2.25. The molecule has 150 valence electrons. The standard InChI is InChI=1S/C20H18BrF3O4/c1-14(2-11-19(25)26-13-12-21)27-16-7-9-18(10-8-16)28-17-5-3-15(4-6-17)20(22,23)24/h2-11,14H,12-13H2,1H3/b11-2+. The monoisotopic (exact) mass is 458 g/mol.